The number of aryl methyl sites for hydroxylation is 2. The lowest BCUT2D eigenvalue weighted by molar-refractivity contribution is 0.365. The van der Waals surface area contributed by atoms with Gasteiger partial charge in [-0.05, 0) is 70.9 Å². The molecule has 0 amide bonds. The summed E-state index contributed by atoms with van der Waals surface area (Å²) in [5.41, 5.74) is 3.01. The van der Waals surface area contributed by atoms with Crippen molar-refractivity contribution in [3.8, 4) is 0 Å². The van der Waals surface area contributed by atoms with E-state index in [1.807, 2.05) is 0 Å². The zero-order chi connectivity index (χ0) is 14.9. The summed E-state index contributed by atoms with van der Waals surface area (Å²) in [7, 11) is 0. The van der Waals surface area contributed by atoms with Crippen LogP contribution in [0.25, 0.3) is 0 Å². The predicted molar refractivity (Wildman–Crippen MR) is 89.0 cm³/mol. The summed E-state index contributed by atoms with van der Waals surface area (Å²) in [5, 5.41) is 3.67. The molecular formula is C18H29N3. The van der Waals surface area contributed by atoms with Gasteiger partial charge in [0, 0.05) is 30.4 Å². The SMILES string of the molecule is CC(C)(C)NCC1CCCCN1c1ccc2c(n1)CCC2. The van der Waals surface area contributed by atoms with Crippen molar-refractivity contribution in [2.75, 3.05) is 18.0 Å². The molecule has 1 atom stereocenters. The average molecular weight is 287 g/mol. The maximum absolute atomic E-state index is 4.97. The first-order valence-corrected chi connectivity index (χ1v) is 8.53. The fourth-order valence-corrected chi connectivity index (χ4v) is 3.51. The van der Waals surface area contributed by atoms with Crippen LogP contribution >= 0.6 is 0 Å². The Bertz CT molecular complexity index is 490. The third-order valence-electron chi connectivity index (χ3n) is 4.70. The number of hydrogen-bond acceptors (Lipinski definition) is 3. The van der Waals surface area contributed by atoms with Crippen LogP contribution in [0.1, 0.15) is 57.7 Å². The standard InChI is InChI=1S/C18H29N3/c1-18(2,3)19-13-15-8-4-5-12-21(15)17-11-10-14-7-6-9-16(14)20-17/h10-11,15,19H,4-9,12-13H2,1-3H3. The molecule has 0 radical (unpaired) electrons. The number of nitrogens with one attached hydrogen (secondary N) is 1. The molecule has 2 heterocycles. The summed E-state index contributed by atoms with van der Waals surface area (Å²) >= 11 is 0. The molecule has 1 aliphatic heterocycles. The zero-order valence-corrected chi connectivity index (χ0v) is 13.8. The van der Waals surface area contributed by atoms with E-state index in [1.54, 1.807) is 0 Å². The van der Waals surface area contributed by atoms with E-state index in [2.05, 4.69) is 43.1 Å². The first-order valence-electron chi connectivity index (χ1n) is 8.53. The lowest BCUT2D eigenvalue weighted by Gasteiger charge is -2.38. The topological polar surface area (TPSA) is 28.2 Å². The molecule has 0 spiro atoms. The van der Waals surface area contributed by atoms with Gasteiger partial charge < -0.3 is 10.2 Å². The largest absolute Gasteiger partial charge is 0.352 e. The predicted octanol–water partition coefficient (Wildman–Crippen LogP) is 3.32. The van der Waals surface area contributed by atoms with Crippen LogP contribution in [0, 0.1) is 0 Å². The second-order valence-corrected chi connectivity index (χ2v) is 7.60. The molecule has 3 heteroatoms. The van der Waals surface area contributed by atoms with Crippen LogP contribution < -0.4 is 10.2 Å². The number of anilines is 1. The Hall–Kier alpha value is -1.09. The van der Waals surface area contributed by atoms with Gasteiger partial charge in [0.2, 0.25) is 0 Å². The third kappa shape index (κ3) is 3.57. The first kappa shape index (κ1) is 14.8. The summed E-state index contributed by atoms with van der Waals surface area (Å²) in [6.45, 7) is 8.94. The number of pyridine rings is 1. The second-order valence-electron chi connectivity index (χ2n) is 7.60. The van der Waals surface area contributed by atoms with Crippen molar-refractivity contribution in [1.82, 2.24) is 10.3 Å². The Kier molecular flexibility index (Phi) is 4.21. The number of fused-ring (bicyclic) bond motifs is 1. The second kappa shape index (κ2) is 5.96. The van der Waals surface area contributed by atoms with Gasteiger partial charge in [-0.1, -0.05) is 6.07 Å². The van der Waals surface area contributed by atoms with E-state index in [1.165, 1.54) is 55.6 Å². The summed E-state index contributed by atoms with van der Waals surface area (Å²) in [6, 6.07) is 5.15. The van der Waals surface area contributed by atoms with Crippen molar-refractivity contribution in [3.05, 3.63) is 23.4 Å². The number of hydrogen-bond donors (Lipinski definition) is 1. The van der Waals surface area contributed by atoms with Crippen molar-refractivity contribution < 1.29 is 0 Å². The minimum atomic E-state index is 0.189. The molecule has 2 aliphatic rings. The monoisotopic (exact) mass is 287 g/mol. The molecule has 0 saturated carbocycles. The maximum atomic E-state index is 4.97. The summed E-state index contributed by atoms with van der Waals surface area (Å²) < 4.78 is 0. The number of nitrogens with zero attached hydrogens (tertiary/aromatic N) is 2. The van der Waals surface area contributed by atoms with E-state index >= 15 is 0 Å². The van der Waals surface area contributed by atoms with Crippen molar-refractivity contribution in [2.24, 2.45) is 0 Å². The summed E-state index contributed by atoms with van der Waals surface area (Å²) in [6.07, 6.45) is 7.59. The number of rotatable bonds is 3. The summed E-state index contributed by atoms with van der Waals surface area (Å²) in [4.78, 5) is 7.51. The van der Waals surface area contributed by atoms with Crippen LogP contribution in [-0.2, 0) is 12.8 Å². The number of aromatic nitrogens is 1. The van der Waals surface area contributed by atoms with E-state index in [9.17, 15) is 0 Å². The third-order valence-corrected chi connectivity index (χ3v) is 4.70. The molecule has 3 nitrogen and oxygen atoms in total. The highest BCUT2D eigenvalue weighted by atomic mass is 15.2. The minimum Gasteiger partial charge on any atom is -0.352 e. The molecule has 21 heavy (non-hydrogen) atoms. The van der Waals surface area contributed by atoms with E-state index < -0.39 is 0 Å². The van der Waals surface area contributed by atoms with Crippen LogP contribution in [0.2, 0.25) is 0 Å². The molecule has 1 saturated heterocycles. The Morgan fingerprint density at radius 3 is 2.86 bits per heavy atom. The minimum absolute atomic E-state index is 0.189. The molecule has 0 aromatic carbocycles. The van der Waals surface area contributed by atoms with Gasteiger partial charge >= 0.3 is 0 Å². The van der Waals surface area contributed by atoms with E-state index in [-0.39, 0.29) is 5.54 Å². The molecule has 1 aromatic rings. The lowest BCUT2D eigenvalue weighted by Crippen LogP contribution is -2.50. The van der Waals surface area contributed by atoms with Crippen LogP contribution in [0.5, 0.6) is 0 Å². The lowest BCUT2D eigenvalue weighted by atomic mass is 10.00. The molecule has 116 valence electrons. The van der Waals surface area contributed by atoms with Gasteiger partial charge in [-0.3, -0.25) is 0 Å². The fourth-order valence-electron chi connectivity index (χ4n) is 3.51. The van der Waals surface area contributed by atoms with Crippen molar-refractivity contribution in [2.45, 2.75) is 70.9 Å². The molecule has 1 aromatic heterocycles. The average Bonchev–Trinajstić information content (AvgIpc) is 2.92. The van der Waals surface area contributed by atoms with Gasteiger partial charge in [0.1, 0.15) is 5.82 Å². The Balaban J connectivity index is 1.74. The molecular weight excluding hydrogens is 258 g/mol. The van der Waals surface area contributed by atoms with Gasteiger partial charge in [0.15, 0.2) is 0 Å². The molecule has 1 unspecified atom stereocenters. The van der Waals surface area contributed by atoms with E-state index in [4.69, 9.17) is 4.98 Å². The smallest absolute Gasteiger partial charge is 0.129 e. The van der Waals surface area contributed by atoms with Gasteiger partial charge in [0.05, 0.1) is 0 Å². The zero-order valence-electron chi connectivity index (χ0n) is 13.8. The van der Waals surface area contributed by atoms with Gasteiger partial charge in [0.25, 0.3) is 0 Å². The van der Waals surface area contributed by atoms with Crippen molar-refractivity contribution in [1.29, 1.82) is 0 Å². The van der Waals surface area contributed by atoms with Crippen LogP contribution in [0.15, 0.2) is 12.1 Å². The van der Waals surface area contributed by atoms with Gasteiger partial charge in [-0.15, -0.1) is 0 Å². The highest BCUT2D eigenvalue weighted by Gasteiger charge is 2.25. The van der Waals surface area contributed by atoms with Crippen LogP contribution in [-0.4, -0.2) is 29.7 Å². The van der Waals surface area contributed by atoms with Gasteiger partial charge in [-0.2, -0.15) is 0 Å². The van der Waals surface area contributed by atoms with Crippen LogP contribution in [0.4, 0.5) is 5.82 Å². The molecule has 1 N–H and O–H groups in total. The highest BCUT2D eigenvalue weighted by molar-refractivity contribution is 5.44. The van der Waals surface area contributed by atoms with E-state index in [0.717, 1.165) is 13.1 Å². The number of piperidine rings is 1. The molecule has 0 bridgehead atoms. The Labute approximate surface area is 129 Å². The van der Waals surface area contributed by atoms with Crippen LogP contribution in [0.3, 0.4) is 0 Å². The van der Waals surface area contributed by atoms with Crippen molar-refractivity contribution >= 4 is 5.82 Å². The van der Waals surface area contributed by atoms with Crippen molar-refractivity contribution in [3.63, 3.8) is 0 Å². The maximum Gasteiger partial charge on any atom is 0.129 e. The normalized spacial score (nSPS) is 22.4. The van der Waals surface area contributed by atoms with E-state index in [0.29, 0.717) is 6.04 Å². The Morgan fingerprint density at radius 2 is 2.05 bits per heavy atom. The Morgan fingerprint density at radius 1 is 1.19 bits per heavy atom. The fraction of sp³-hybridized carbons (Fsp3) is 0.722. The molecule has 1 aliphatic carbocycles. The first-order chi connectivity index (χ1) is 10.0. The highest BCUT2D eigenvalue weighted by Crippen LogP contribution is 2.27. The molecule has 3 rings (SSSR count). The summed E-state index contributed by atoms with van der Waals surface area (Å²) in [5.74, 6) is 1.20. The van der Waals surface area contributed by atoms with Gasteiger partial charge in [-0.25, -0.2) is 4.98 Å². The molecule has 1 fully saturated rings. The quantitative estimate of drug-likeness (QED) is 0.924.